The van der Waals surface area contributed by atoms with E-state index in [1.807, 2.05) is 32.2 Å². The molecule has 27 heavy (non-hydrogen) atoms. The van der Waals surface area contributed by atoms with Crippen LogP contribution in [0.3, 0.4) is 0 Å². The molecule has 1 fully saturated rings. The third-order valence-electron chi connectivity index (χ3n) is 5.45. The Labute approximate surface area is 160 Å². The van der Waals surface area contributed by atoms with Crippen LogP contribution in [0.15, 0.2) is 24.4 Å². The first-order valence-corrected chi connectivity index (χ1v) is 9.66. The Morgan fingerprint density at radius 2 is 2.07 bits per heavy atom. The minimum absolute atomic E-state index is 0.0322. The van der Waals surface area contributed by atoms with Gasteiger partial charge in [0.2, 0.25) is 11.9 Å². The Morgan fingerprint density at radius 3 is 2.89 bits per heavy atom. The van der Waals surface area contributed by atoms with Crippen molar-refractivity contribution in [3.05, 3.63) is 46.8 Å². The molecule has 1 saturated heterocycles. The second-order valence-corrected chi connectivity index (χ2v) is 7.49. The third kappa shape index (κ3) is 3.95. The van der Waals surface area contributed by atoms with Crippen molar-refractivity contribution in [3.63, 3.8) is 0 Å². The number of nitrogens with zero attached hydrogens (tertiary/aromatic N) is 3. The number of hydrogen-bond donors (Lipinski definition) is 1. The number of hydrogen-bond acceptors (Lipinski definition) is 5. The summed E-state index contributed by atoms with van der Waals surface area (Å²) in [5, 5.41) is 3.11. The maximum atomic E-state index is 12.8. The van der Waals surface area contributed by atoms with Gasteiger partial charge in [-0.1, -0.05) is 12.1 Å². The van der Waals surface area contributed by atoms with E-state index in [1.165, 1.54) is 0 Å². The van der Waals surface area contributed by atoms with Gasteiger partial charge in [0.15, 0.2) is 0 Å². The normalized spacial score (nSPS) is 19.5. The molecule has 1 amide bonds. The molecular weight excluding hydrogens is 340 g/mol. The fourth-order valence-corrected chi connectivity index (χ4v) is 3.74. The Balaban J connectivity index is 1.44. The molecule has 0 spiro atoms. The highest BCUT2D eigenvalue weighted by atomic mass is 16.5. The first-order valence-electron chi connectivity index (χ1n) is 9.66. The van der Waals surface area contributed by atoms with Gasteiger partial charge in [-0.25, -0.2) is 9.97 Å². The fourth-order valence-electron chi connectivity index (χ4n) is 3.74. The number of ether oxygens (including phenoxy) is 1. The van der Waals surface area contributed by atoms with Crippen LogP contribution in [0.25, 0.3) is 0 Å². The number of fused-ring (bicyclic) bond motifs is 1. The van der Waals surface area contributed by atoms with Crippen LogP contribution in [0, 0.1) is 19.8 Å². The van der Waals surface area contributed by atoms with Gasteiger partial charge < -0.3 is 15.0 Å². The number of anilines is 2. The van der Waals surface area contributed by atoms with E-state index in [-0.39, 0.29) is 11.8 Å². The molecule has 4 rings (SSSR count). The lowest BCUT2D eigenvalue weighted by molar-refractivity contribution is -0.120. The molecule has 142 valence electrons. The Kier molecular flexibility index (Phi) is 5.07. The van der Waals surface area contributed by atoms with E-state index in [1.54, 1.807) is 0 Å². The Bertz CT molecular complexity index is 846. The number of benzene rings is 1. The summed E-state index contributed by atoms with van der Waals surface area (Å²) in [6, 6.07) is 6.13. The summed E-state index contributed by atoms with van der Waals surface area (Å²) in [5.74, 6) is 0.845. The van der Waals surface area contributed by atoms with Crippen molar-refractivity contribution in [1.82, 2.24) is 9.97 Å². The zero-order chi connectivity index (χ0) is 18.8. The summed E-state index contributed by atoms with van der Waals surface area (Å²) in [6.07, 6.45) is 4.25. The Morgan fingerprint density at radius 1 is 1.26 bits per heavy atom. The quantitative estimate of drug-likeness (QED) is 0.905. The zero-order valence-electron chi connectivity index (χ0n) is 16.0. The van der Waals surface area contributed by atoms with Crippen LogP contribution < -0.4 is 10.2 Å². The minimum Gasteiger partial charge on any atom is -0.378 e. The van der Waals surface area contributed by atoms with Gasteiger partial charge in [0, 0.05) is 36.6 Å². The van der Waals surface area contributed by atoms with E-state index in [9.17, 15) is 4.79 Å². The molecule has 0 saturated carbocycles. The van der Waals surface area contributed by atoms with E-state index in [4.69, 9.17) is 9.72 Å². The number of nitrogens with one attached hydrogen (secondary N) is 1. The van der Waals surface area contributed by atoms with Gasteiger partial charge in [-0.15, -0.1) is 0 Å². The van der Waals surface area contributed by atoms with Crippen LogP contribution in [0.2, 0.25) is 0 Å². The number of rotatable bonds is 3. The smallest absolute Gasteiger partial charge is 0.227 e. The van der Waals surface area contributed by atoms with E-state index in [0.717, 1.165) is 73.2 Å². The maximum Gasteiger partial charge on any atom is 0.227 e. The van der Waals surface area contributed by atoms with Crippen molar-refractivity contribution < 1.29 is 9.53 Å². The van der Waals surface area contributed by atoms with Crippen molar-refractivity contribution in [1.29, 1.82) is 0 Å². The summed E-state index contributed by atoms with van der Waals surface area (Å²) >= 11 is 0. The molecule has 1 aliphatic carbocycles. The van der Waals surface area contributed by atoms with Gasteiger partial charge in [-0.3, -0.25) is 4.79 Å². The second-order valence-electron chi connectivity index (χ2n) is 7.49. The van der Waals surface area contributed by atoms with Crippen LogP contribution >= 0.6 is 0 Å². The predicted octanol–water partition coefficient (Wildman–Crippen LogP) is 2.67. The van der Waals surface area contributed by atoms with E-state index < -0.39 is 0 Å². The first-order chi connectivity index (χ1) is 13.1. The highest BCUT2D eigenvalue weighted by molar-refractivity contribution is 5.93. The molecule has 1 aromatic heterocycles. The standard InChI is InChI=1S/C21H26N4O2/c1-14-3-4-15(2)19(11-14)23-20(26)16-5-6-18-17(12-16)13-22-21(24-18)25-7-9-27-10-8-25/h3-4,11,13,16H,5-10,12H2,1-2H3,(H,23,26)/t16-/m0/s1. The SMILES string of the molecule is Cc1ccc(C)c(NC(=O)[C@H]2CCc3nc(N4CCOCC4)ncc3C2)c1. The van der Waals surface area contributed by atoms with Crippen LogP contribution in [-0.2, 0) is 22.4 Å². The van der Waals surface area contributed by atoms with Crippen LogP contribution in [0.4, 0.5) is 11.6 Å². The maximum absolute atomic E-state index is 12.8. The molecule has 0 unspecified atom stereocenters. The average Bonchev–Trinajstić information content (AvgIpc) is 2.70. The summed E-state index contributed by atoms with van der Waals surface area (Å²) in [5.41, 5.74) is 5.32. The van der Waals surface area contributed by atoms with Crippen molar-refractivity contribution in [2.45, 2.75) is 33.1 Å². The van der Waals surface area contributed by atoms with Gasteiger partial charge in [0.25, 0.3) is 0 Å². The van der Waals surface area contributed by atoms with Gasteiger partial charge in [0.1, 0.15) is 0 Å². The summed E-state index contributed by atoms with van der Waals surface area (Å²) in [4.78, 5) is 24.3. The number of carbonyl (C=O) groups excluding carboxylic acids is 1. The molecule has 0 bridgehead atoms. The van der Waals surface area contributed by atoms with Crippen molar-refractivity contribution >= 4 is 17.5 Å². The van der Waals surface area contributed by atoms with Gasteiger partial charge in [-0.05, 0) is 55.9 Å². The molecule has 0 radical (unpaired) electrons. The van der Waals surface area contributed by atoms with Gasteiger partial charge in [0.05, 0.1) is 13.2 Å². The molecule has 6 heteroatoms. The lowest BCUT2D eigenvalue weighted by Crippen LogP contribution is -2.38. The largest absolute Gasteiger partial charge is 0.378 e. The van der Waals surface area contributed by atoms with Crippen LogP contribution in [-0.4, -0.2) is 42.2 Å². The Hall–Kier alpha value is -2.47. The zero-order valence-corrected chi connectivity index (χ0v) is 16.0. The number of carbonyl (C=O) groups is 1. The van der Waals surface area contributed by atoms with Crippen molar-refractivity contribution in [3.8, 4) is 0 Å². The van der Waals surface area contributed by atoms with E-state index in [0.29, 0.717) is 6.42 Å². The van der Waals surface area contributed by atoms with Gasteiger partial charge in [-0.2, -0.15) is 0 Å². The summed E-state index contributed by atoms with van der Waals surface area (Å²) in [6.45, 7) is 7.17. The molecule has 1 aliphatic heterocycles. The molecule has 2 aromatic rings. The predicted molar refractivity (Wildman–Crippen MR) is 105 cm³/mol. The molecule has 6 nitrogen and oxygen atoms in total. The van der Waals surface area contributed by atoms with Crippen molar-refractivity contribution in [2.75, 3.05) is 36.5 Å². The molecule has 1 atom stereocenters. The second kappa shape index (κ2) is 7.64. The van der Waals surface area contributed by atoms with Crippen molar-refractivity contribution in [2.24, 2.45) is 5.92 Å². The monoisotopic (exact) mass is 366 g/mol. The molecular formula is C21H26N4O2. The molecule has 1 N–H and O–H groups in total. The highest BCUT2D eigenvalue weighted by Gasteiger charge is 2.27. The van der Waals surface area contributed by atoms with E-state index in [2.05, 4.69) is 21.3 Å². The highest BCUT2D eigenvalue weighted by Crippen LogP contribution is 2.27. The topological polar surface area (TPSA) is 67.4 Å². The lowest BCUT2D eigenvalue weighted by Gasteiger charge is -2.29. The van der Waals surface area contributed by atoms with Crippen LogP contribution in [0.5, 0.6) is 0 Å². The average molecular weight is 366 g/mol. The number of aryl methyl sites for hydroxylation is 3. The molecule has 2 heterocycles. The van der Waals surface area contributed by atoms with E-state index >= 15 is 0 Å². The third-order valence-corrected chi connectivity index (χ3v) is 5.45. The number of aromatic nitrogens is 2. The first kappa shape index (κ1) is 17.9. The number of amides is 1. The minimum atomic E-state index is -0.0322. The lowest BCUT2D eigenvalue weighted by atomic mass is 9.86. The number of morpholine rings is 1. The van der Waals surface area contributed by atoms with Crippen LogP contribution in [0.1, 0.15) is 28.8 Å². The fraction of sp³-hybridized carbons (Fsp3) is 0.476. The summed E-state index contributed by atoms with van der Waals surface area (Å²) < 4.78 is 5.40. The molecule has 2 aliphatic rings. The van der Waals surface area contributed by atoms with Gasteiger partial charge >= 0.3 is 0 Å². The molecule has 1 aromatic carbocycles. The summed E-state index contributed by atoms with van der Waals surface area (Å²) in [7, 11) is 0.